The van der Waals surface area contributed by atoms with Crippen molar-refractivity contribution >= 4 is 17.5 Å². The van der Waals surface area contributed by atoms with Gasteiger partial charge in [0, 0.05) is 11.6 Å². The Kier molecular flexibility index (Phi) is 4.02. The molecule has 0 aliphatic carbocycles. The molecule has 3 nitrogen and oxygen atoms in total. The highest BCUT2D eigenvalue weighted by molar-refractivity contribution is 6.30. The van der Waals surface area contributed by atoms with Crippen molar-refractivity contribution in [1.29, 1.82) is 0 Å². The molecule has 2 rings (SSSR count). The number of hydrogen-bond acceptors (Lipinski definition) is 2. The van der Waals surface area contributed by atoms with Gasteiger partial charge in [0.2, 0.25) is 0 Å². The van der Waals surface area contributed by atoms with Gasteiger partial charge in [-0.1, -0.05) is 29.8 Å². The zero-order valence-electron chi connectivity index (χ0n) is 9.86. The van der Waals surface area contributed by atoms with Gasteiger partial charge in [0.05, 0.1) is 0 Å². The largest absolute Gasteiger partial charge is 0.507 e. The van der Waals surface area contributed by atoms with Crippen LogP contribution >= 0.6 is 11.6 Å². The van der Waals surface area contributed by atoms with Crippen molar-refractivity contribution < 1.29 is 14.3 Å². The number of phenolic OH excluding ortho intramolecular Hbond substituents is 1. The van der Waals surface area contributed by atoms with E-state index in [-0.39, 0.29) is 17.9 Å². The first-order chi connectivity index (χ1) is 9.08. The van der Waals surface area contributed by atoms with Crippen LogP contribution in [0, 0.1) is 5.82 Å². The molecule has 0 aliphatic rings. The van der Waals surface area contributed by atoms with E-state index < -0.39 is 11.7 Å². The first kappa shape index (κ1) is 13.4. The highest BCUT2D eigenvalue weighted by atomic mass is 35.5. The van der Waals surface area contributed by atoms with Crippen molar-refractivity contribution in [2.45, 2.75) is 6.54 Å². The van der Waals surface area contributed by atoms with Gasteiger partial charge in [-0.15, -0.1) is 0 Å². The molecule has 2 aromatic carbocycles. The van der Waals surface area contributed by atoms with Crippen molar-refractivity contribution in [2.24, 2.45) is 0 Å². The Morgan fingerprint density at radius 2 is 2.00 bits per heavy atom. The molecule has 1 amide bonds. The second kappa shape index (κ2) is 5.71. The van der Waals surface area contributed by atoms with E-state index in [1.54, 1.807) is 24.3 Å². The summed E-state index contributed by atoms with van der Waals surface area (Å²) in [7, 11) is 0. The average Bonchev–Trinajstić information content (AvgIpc) is 2.36. The standard InChI is InChI=1S/C14H11ClFNO2/c15-10-4-1-3-9(7-10)8-17-14(19)13-11(16)5-2-6-12(13)18/h1-7,18H,8H2,(H,17,19). The summed E-state index contributed by atoms with van der Waals surface area (Å²) in [5, 5.41) is 12.6. The number of halogens is 2. The smallest absolute Gasteiger partial charge is 0.258 e. The zero-order valence-corrected chi connectivity index (χ0v) is 10.6. The number of aromatic hydroxyl groups is 1. The fourth-order valence-electron chi connectivity index (χ4n) is 1.66. The lowest BCUT2D eigenvalue weighted by Crippen LogP contribution is -2.23. The van der Waals surface area contributed by atoms with Gasteiger partial charge in [0.15, 0.2) is 0 Å². The Morgan fingerprint density at radius 1 is 1.26 bits per heavy atom. The minimum atomic E-state index is -0.761. The van der Waals surface area contributed by atoms with Crippen LogP contribution in [0.25, 0.3) is 0 Å². The first-order valence-electron chi connectivity index (χ1n) is 5.58. The van der Waals surface area contributed by atoms with Crippen molar-refractivity contribution in [1.82, 2.24) is 5.32 Å². The van der Waals surface area contributed by atoms with Gasteiger partial charge in [-0.25, -0.2) is 4.39 Å². The Morgan fingerprint density at radius 3 is 2.68 bits per heavy atom. The summed E-state index contributed by atoms with van der Waals surface area (Å²) in [6.45, 7) is 0.202. The summed E-state index contributed by atoms with van der Waals surface area (Å²) in [6, 6.07) is 10.7. The summed E-state index contributed by atoms with van der Waals surface area (Å²) >= 11 is 5.81. The molecule has 0 atom stereocenters. The Balaban J connectivity index is 2.10. The van der Waals surface area contributed by atoms with E-state index >= 15 is 0 Å². The molecule has 0 unspecified atom stereocenters. The quantitative estimate of drug-likeness (QED) is 0.907. The highest BCUT2D eigenvalue weighted by Gasteiger charge is 2.15. The van der Waals surface area contributed by atoms with Gasteiger partial charge in [-0.3, -0.25) is 4.79 Å². The van der Waals surface area contributed by atoms with Crippen LogP contribution in [0.15, 0.2) is 42.5 Å². The molecule has 19 heavy (non-hydrogen) atoms. The number of rotatable bonds is 3. The number of nitrogens with one attached hydrogen (secondary N) is 1. The summed E-state index contributed by atoms with van der Waals surface area (Å²) in [5.74, 6) is -1.82. The molecule has 0 heterocycles. The van der Waals surface area contributed by atoms with Gasteiger partial charge in [0.25, 0.3) is 5.91 Å². The highest BCUT2D eigenvalue weighted by Crippen LogP contribution is 2.19. The molecule has 0 bridgehead atoms. The molecular formula is C14H11ClFNO2. The molecular weight excluding hydrogens is 269 g/mol. The second-order valence-electron chi connectivity index (χ2n) is 3.95. The molecule has 2 N–H and O–H groups in total. The van der Waals surface area contributed by atoms with Gasteiger partial charge in [0.1, 0.15) is 17.1 Å². The van der Waals surface area contributed by atoms with Crippen LogP contribution in [0.3, 0.4) is 0 Å². The number of phenols is 1. The third-order valence-electron chi connectivity index (χ3n) is 2.56. The van der Waals surface area contributed by atoms with Crippen LogP contribution in [0.2, 0.25) is 5.02 Å². The topological polar surface area (TPSA) is 49.3 Å². The Labute approximate surface area is 114 Å². The number of carbonyl (C=O) groups is 1. The van der Waals surface area contributed by atoms with E-state index in [2.05, 4.69) is 5.32 Å². The average molecular weight is 280 g/mol. The predicted molar refractivity (Wildman–Crippen MR) is 70.7 cm³/mol. The Hall–Kier alpha value is -2.07. The summed E-state index contributed by atoms with van der Waals surface area (Å²) in [4.78, 5) is 11.8. The van der Waals surface area contributed by atoms with Gasteiger partial charge < -0.3 is 10.4 Å². The number of carbonyl (C=O) groups excluding carboxylic acids is 1. The second-order valence-corrected chi connectivity index (χ2v) is 4.38. The van der Waals surface area contributed by atoms with Crippen LogP contribution < -0.4 is 5.32 Å². The maximum absolute atomic E-state index is 13.4. The Bertz CT molecular complexity index is 596. The van der Waals surface area contributed by atoms with Crippen LogP contribution in [-0.4, -0.2) is 11.0 Å². The van der Waals surface area contributed by atoms with Gasteiger partial charge in [-0.2, -0.15) is 0 Å². The summed E-state index contributed by atoms with van der Waals surface area (Å²) in [6.07, 6.45) is 0. The maximum atomic E-state index is 13.4. The fourth-order valence-corrected chi connectivity index (χ4v) is 1.87. The third kappa shape index (κ3) is 3.23. The van der Waals surface area contributed by atoms with Crippen LogP contribution in [-0.2, 0) is 6.54 Å². The van der Waals surface area contributed by atoms with Crippen LogP contribution in [0.1, 0.15) is 15.9 Å². The normalized spacial score (nSPS) is 10.2. The molecule has 0 spiro atoms. The van der Waals surface area contributed by atoms with Crippen LogP contribution in [0.5, 0.6) is 5.75 Å². The van der Waals surface area contributed by atoms with E-state index in [0.717, 1.165) is 11.6 Å². The van der Waals surface area contributed by atoms with Crippen LogP contribution in [0.4, 0.5) is 4.39 Å². The van der Waals surface area contributed by atoms with Crippen molar-refractivity contribution in [3.05, 3.63) is 64.4 Å². The minimum Gasteiger partial charge on any atom is -0.507 e. The first-order valence-corrected chi connectivity index (χ1v) is 5.96. The maximum Gasteiger partial charge on any atom is 0.258 e. The number of benzene rings is 2. The lowest BCUT2D eigenvalue weighted by Gasteiger charge is -2.08. The van der Waals surface area contributed by atoms with Crippen molar-refractivity contribution in [3.63, 3.8) is 0 Å². The summed E-state index contributed by atoms with van der Waals surface area (Å²) < 4.78 is 13.4. The molecule has 0 saturated heterocycles. The molecule has 0 aliphatic heterocycles. The molecule has 0 aromatic heterocycles. The third-order valence-corrected chi connectivity index (χ3v) is 2.80. The van der Waals surface area contributed by atoms with Gasteiger partial charge >= 0.3 is 0 Å². The lowest BCUT2D eigenvalue weighted by molar-refractivity contribution is 0.0944. The number of hydrogen-bond donors (Lipinski definition) is 2. The lowest BCUT2D eigenvalue weighted by atomic mass is 10.1. The minimum absolute atomic E-state index is 0.202. The fraction of sp³-hybridized carbons (Fsp3) is 0.0714. The molecule has 0 radical (unpaired) electrons. The summed E-state index contributed by atoms with van der Waals surface area (Å²) in [5.41, 5.74) is 0.432. The predicted octanol–water partition coefficient (Wildman–Crippen LogP) is 3.11. The molecule has 0 fully saturated rings. The molecule has 98 valence electrons. The van der Waals surface area contributed by atoms with E-state index in [0.29, 0.717) is 5.02 Å². The zero-order chi connectivity index (χ0) is 13.8. The van der Waals surface area contributed by atoms with E-state index in [4.69, 9.17) is 11.6 Å². The van der Waals surface area contributed by atoms with Crippen molar-refractivity contribution in [2.75, 3.05) is 0 Å². The van der Waals surface area contributed by atoms with E-state index in [9.17, 15) is 14.3 Å². The molecule has 0 saturated carbocycles. The number of amides is 1. The molecule has 5 heteroatoms. The van der Waals surface area contributed by atoms with E-state index in [1.165, 1.54) is 12.1 Å². The molecule has 2 aromatic rings. The monoisotopic (exact) mass is 279 g/mol. The van der Waals surface area contributed by atoms with E-state index in [1.807, 2.05) is 0 Å². The van der Waals surface area contributed by atoms with Crippen molar-refractivity contribution in [3.8, 4) is 5.75 Å². The van der Waals surface area contributed by atoms with Gasteiger partial charge in [-0.05, 0) is 29.8 Å². The SMILES string of the molecule is O=C(NCc1cccc(Cl)c1)c1c(O)cccc1F.